The zero-order chi connectivity index (χ0) is 14.4. The fraction of sp³-hybridized carbons (Fsp3) is 0.385. The summed E-state index contributed by atoms with van der Waals surface area (Å²) in [4.78, 5) is 20.2. The van der Waals surface area contributed by atoms with Gasteiger partial charge in [-0.3, -0.25) is 4.98 Å². The maximum Gasteiger partial charge on any atom is 0.230 e. The number of rotatable bonds is 6. The van der Waals surface area contributed by atoms with Crippen LogP contribution in [-0.2, 0) is 0 Å². The van der Waals surface area contributed by atoms with Gasteiger partial charge in [0.25, 0.3) is 0 Å². The molecule has 0 unspecified atom stereocenters. The highest BCUT2D eigenvalue weighted by molar-refractivity contribution is 7.99. The van der Waals surface area contributed by atoms with Crippen molar-refractivity contribution < 1.29 is 0 Å². The topological polar surface area (TPSA) is 66.8 Å². The van der Waals surface area contributed by atoms with Gasteiger partial charge in [-0.1, -0.05) is 6.92 Å². The van der Waals surface area contributed by atoms with Crippen LogP contribution in [0.1, 0.15) is 13.3 Å². The molecule has 0 fully saturated rings. The predicted octanol–water partition coefficient (Wildman–Crippen LogP) is 2.31. The Hall–Kier alpha value is -1.89. The minimum absolute atomic E-state index is 0.613. The molecule has 0 saturated heterocycles. The molecule has 0 spiro atoms. The third kappa shape index (κ3) is 4.06. The molecule has 106 valence electrons. The third-order valence-corrected chi connectivity index (χ3v) is 3.27. The van der Waals surface area contributed by atoms with E-state index in [1.807, 2.05) is 31.1 Å². The van der Waals surface area contributed by atoms with Crippen molar-refractivity contribution in [1.29, 1.82) is 0 Å². The van der Waals surface area contributed by atoms with Crippen molar-refractivity contribution in [2.45, 2.75) is 23.4 Å². The highest BCUT2D eigenvalue weighted by atomic mass is 32.2. The number of nitrogens with zero attached hydrogens (tertiary/aromatic N) is 5. The molecule has 2 heterocycles. The van der Waals surface area contributed by atoms with Crippen LogP contribution in [0.3, 0.4) is 0 Å². The molecule has 0 aliphatic heterocycles. The van der Waals surface area contributed by atoms with Crippen LogP contribution in [0.5, 0.6) is 0 Å². The molecule has 0 atom stereocenters. The lowest BCUT2D eigenvalue weighted by atomic mass is 10.5. The van der Waals surface area contributed by atoms with Gasteiger partial charge in [0.2, 0.25) is 11.9 Å². The minimum Gasteiger partial charge on any atom is -0.354 e. The van der Waals surface area contributed by atoms with Gasteiger partial charge in [0.05, 0.1) is 0 Å². The quantitative estimate of drug-likeness (QED) is 0.875. The Morgan fingerprint density at radius 2 is 1.90 bits per heavy atom. The number of aromatic nitrogens is 4. The number of pyridine rings is 1. The molecule has 0 aliphatic carbocycles. The second-order valence-corrected chi connectivity index (χ2v) is 5.39. The van der Waals surface area contributed by atoms with Crippen molar-refractivity contribution in [3.05, 3.63) is 24.5 Å². The normalized spacial score (nSPS) is 10.3. The maximum atomic E-state index is 4.44. The van der Waals surface area contributed by atoms with Gasteiger partial charge in [0.1, 0.15) is 0 Å². The summed E-state index contributed by atoms with van der Waals surface area (Å²) in [6.07, 6.45) is 4.54. The second kappa shape index (κ2) is 7.04. The summed E-state index contributed by atoms with van der Waals surface area (Å²) in [7, 11) is 3.83. The zero-order valence-electron chi connectivity index (χ0n) is 11.9. The first-order valence-electron chi connectivity index (χ1n) is 6.44. The van der Waals surface area contributed by atoms with E-state index in [0.29, 0.717) is 17.1 Å². The average Bonchev–Trinajstić information content (AvgIpc) is 2.46. The van der Waals surface area contributed by atoms with E-state index in [2.05, 4.69) is 32.2 Å². The van der Waals surface area contributed by atoms with Crippen molar-refractivity contribution in [2.75, 3.05) is 30.9 Å². The van der Waals surface area contributed by atoms with Crippen LogP contribution in [0.2, 0.25) is 0 Å². The molecule has 0 aromatic carbocycles. The lowest BCUT2D eigenvalue weighted by molar-refractivity contribution is 0.852. The Morgan fingerprint density at radius 3 is 2.55 bits per heavy atom. The first-order valence-corrected chi connectivity index (χ1v) is 7.26. The van der Waals surface area contributed by atoms with Gasteiger partial charge in [0.15, 0.2) is 5.16 Å². The van der Waals surface area contributed by atoms with Crippen LogP contribution < -0.4 is 10.2 Å². The van der Waals surface area contributed by atoms with Crippen LogP contribution in [0.15, 0.2) is 34.6 Å². The summed E-state index contributed by atoms with van der Waals surface area (Å²) in [5.41, 5.74) is 0. The van der Waals surface area contributed by atoms with E-state index in [9.17, 15) is 0 Å². The maximum absolute atomic E-state index is 4.44. The average molecular weight is 290 g/mol. The Bertz CT molecular complexity index is 546. The van der Waals surface area contributed by atoms with E-state index in [4.69, 9.17) is 0 Å². The molecule has 2 aromatic rings. The Labute approximate surface area is 123 Å². The lowest BCUT2D eigenvalue weighted by Gasteiger charge is -2.13. The fourth-order valence-corrected chi connectivity index (χ4v) is 2.15. The van der Waals surface area contributed by atoms with E-state index in [-0.39, 0.29) is 0 Å². The van der Waals surface area contributed by atoms with Crippen molar-refractivity contribution in [3.63, 3.8) is 0 Å². The number of anilines is 2. The Kier molecular flexibility index (Phi) is 5.11. The largest absolute Gasteiger partial charge is 0.354 e. The van der Waals surface area contributed by atoms with Crippen molar-refractivity contribution in [2.24, 2.45) is 0 Å². The van der Waals surface area contributed by atoms with E-state index in [1.165, 1.54) is 11.8 Å². The van der Waals surface area contributed by atoms with Crippen molar-refractivity contribution >= 4 is 23.7 Å². The molecule has 2 aromatic heterocycles. The van der Waals surface area contributed by atoms with E-state index in [0.717, 1.165) is 17.9 Å². The summed E-state index contributed by atoms with van der Waals surface area (Å²) in [6, 6.07) is 3.87. The summed E-state index contributed by atoms with van der Waals surface area (Å²) in [6.45, 7) is 2.95. The minimum atomic E-state index is 0.613. The first kappa shape index (κ1) is 14.5. The molecule has 0 saturated carbocycles. The first-order chi connectivity index (χ1) is 9.69. The van der Waals surface area contributed by atoms with Gasteiger partial charge in [0, 0.05) is 37.9 Å². The van der Waals surface area contributed by atoms with E-state index >= 15 is 0 Å². The molecule has 0 amide bonds. The number of hydrogen-bond acceptors (Lipinski definition) is 7. The molecule has 6 nitrogen and oxygen atoms in total. The molecular formula is C13H18N6S. The van der Waals surface area contributed by atoms with Crippen LogP contribution >= 0.6 is 11.8 Å². The summed E-state index contributed by atoms with van der Waals surface area (Å²) >= 11 is 1.50. The summed E-state index contributed by atoms with van der Waals surface area (Å²) in [5.74, 6) is 1.26. The molecule has 20 heavy (non-hydrogen) atoms. The standard InChI is InChI=1S/C13H18N6S/c1-4-7-15-11-16-12(19(2)3)18-13(17-11)20-10-5-8-14-9-6-10/h5-6,8-9H,4,7H2,1-3H3,(H,15,16,17,18). The molecule has 0 bridgehead atoms. The van der Waals surface area contributed by atoms with Crippen molar-refractivity contribution in [3.8, 4) is 0 Å². The Balaban J connectivity index is 2.24. The number of nitrogens with one attached hydrogen (secondary N) is 1. The van der Waals surface area contributed by atoms with E-state index in [1.54, 1.807) is 12.4 Å². The molecule has 2 rings (SSSR count). The van der Waals surface area contributed by atoms with Gasteiger partial charge >= 0.3 is 0 Å². The molecular weight excluding hydrogens is 272 g/mol. The van der Waals surface area contributed by atoms with Gasteiger partial charge in [-0.2, -0.15) is 15.0 Å². The van der Waals surface area contributed by atoms with Crippen LogP contribution in [0, 0.1) is 0 Å². The number of hydrogen-bond donors (Lipinski definition) is 1. The Morgan fingerprint density at radius 1 is 1.15 bits per heavy atom. The van der Waals surface area contributed by atoms with E-state index < -0.39 is 0 Å². The third-order valence-electron chi connectivity index (χ3n) is 2.40. The highest BCUT2D eigenvalue weighted by Gasteiger charge is 2.09. The fourth-order valence-electron chi connectivity index (χ4n) is 1.42. The lowest BCUT2D eigenvalue weighted by Crippen LogP contribution is -2.16. The van der Waals surface area contributed by atoms with Crippen LogP contribution in [0.4, 0.5) is 11.9 Å². The van der Waals surface area contributed by atoms with Gasteiger partial charge in [-0.25, -0.2) is 0 Å². The molecule has 0 aliphatic rings. The van der Waals surface area contributed by atoms with Crippen molar-refractivity contribution in [1.82, 2.24) is 19.9 Å². The van der Waals surface area contributed by atoms with Gasteiger partial charge < -0.3 is 10.2 Å². The molecule has 7 heteroatoms. The van der Waals surface area contributed by atoms with Gasteiger partial charge in [-0.05, 0) is 30.3 Å². The molecule has 0 radical (unpaired) electrons. The summed E-state index contributed by atoms with van der Waals surface area (Å²) < 4.78 is 0. The SMILES string of the molecule is CCCNc1nc(Sc2ccncc2)nc(N(C)C)n1. The summed E-state index contributed by atoms with van der Waals surface area (Å²) in [5, 5.41) is 3.88. The van der Waals surface area contributed by atoms with Gasteiger partial charge in [-0.15, -0.1) is 0 Å². The van der Waals surface area contributed by atoms with Crippen LogP contribution in [-0.4, -0.2) is 40.6 Å². The molecule has 1 N–H and O–H groups in total. The predicted molar refractivity (Wildman–Crippen MR) is 81.3 cm³/mol. The zero-order valence-corrected chi connectivity index (χ0v) is 12.7. The second-order valence-electron chi connectivity index (χ2n) is 4.35. The van der Waals surface area contributed by atoms with Crippen LogP contribution in [0.25, 0.3) is 0 Å². The monoisotopic (exact) mass is 290 g/mol. The highest BCUT2D eigenvalue weighted by Crippen LogP contribution is 2.25. The smallest absolute Gasteiger partial charge is 0.230 e.